The van der Waals surface area contributed by atoms with E-state index >= 15 is 0 Å². The first kappa shape index (κ1) is 12.4. The highest BCUT2D eigenvalue weighted by Gasteiger charge is 2.32. The maximum atomic E-state index is 11.8. The maximum Gasteiger partial charge on any atom is 0.344 e. The second kappa shape index (κ2) is 4.82. The summed E-state index contributed by atoms with van der Waals surface area (Å²) in [4.78, 5) is 31.3. The molecule has 0 aliphatic carbocycles. The molecule has 2 aromatic rings. The van der Waals surface area contributed by atoms with Gasteiger partial charge in [0.25, 0.3) is 5.91 Å². The van der Waals surface area contributed by atoms with Crippen LogP contribution in [-0.4, -0.2) is 30.6 Å². The Morgan fingerprint density at radius 2 is 2.20 bits per heavy atom. The molecule has 102 valence electrons. The third kappa shape index (κ3) is 1.96. The summed E-state index contributed by atoms with van der Waals surface area (Å²) in [5.41, 5.74) is 4.26. The summed E-state index contributed by atoms with van der Waals surface area (Å²) in [5, 5.41) is 1.00. The smallest absolute Gasteiger partial charge is 0.344 e. The van der Waals surface area contributed by atoms with Gasteiger partial charge in [-0.25, -0.2) is 10.3 Å². The summed E-state index contributed by atoms with van der Waals surface area (Å²) in [6.45, 7) is 0.0676. The van der Waals surface area contributed by atoms with Gasteiger partial charge in [-0.05, 0) is 17.5 Å². The van der Waals surface area contributed by atoms with Crippen molar-refractivity contribution in [2.24, 2.45) is 0 Å². The van der Waals surface area contributed by atoms with E-state index in [0.717, 1.165) is 10.9 Å². The molecule has 1 aliphatic rings. The number of benzene rings is 1. The number of aromatic amines is 1. The Hall–Kier alpha value is -2.60. The van der Waals surface area contributed by atoms with Gasteiger partial charge in [-0.15, -0.1) is 0 Å². The van der Waals surface area contributed by atoms with Crippen molar-refractivity contribution in [1.82, 2.24) is 10.5 Å². The van der Waals surface area contributed by atoms with Crippen molar-refractivity contribution < 1.29 is 19.2 Å². The molecule has 1 aromatic heterocycles. The highest BCUT2D eigenvalue weighted by molar-refractivity contribution is 6.23. The number of para-hydroxylation sites is 1. The molecule has 0 unspecified atom stereocenters. The summed E-state index contributed by atoms with van der Waals surface area (Å²) < 4.78 is 4.95. The van der Waals surface area contributed by atoms with E-state index in [-0.39, 0.29) is 12.2 Å². The SMILES string of the molecule is CONC(=O)C1=C(c2cc3ccccc3[nH]2)COC1=O. The second-order valence-corrected chi connectivity index (χ2v) is 4.34. The zero-order valence-electron chi connectivity index (χ0n) is 10.7. The molecule has 2 N–H and O–H groups in total. The Morgan fingerprint density at radius 3 is 2.95 bits per heavy atom. The number of amides is 1. The molecule has 6 nitrogen and oxygen atoms in total. The predicted octanol–water partition coefficient (Wildman–Crippen LogP) is 1.16. The summed E-state index contributed by atoms with van der Waals surface area (Å²) in [6, 6.07) is 9.58. The Morgan fingerprint density at radius 1 is 1.40 bits per heavy atom. The van der Waals surface area contributed by atoms with Crippen LogP contribution in [0.1, 0.15) is 5.69 Å². The topological polar surface area (TPSA) is 80.4 Å². The lowest BCUT2D eigenvalue weighted by atomic mass is 10.1. The van der Waals surface area contributed by atoms with Crippen molar-refractivity contribution in [2.45, 2.75) is 0 Å². The zero-order valence-corrected chi connectivity index (χ0v) is 10.7. The van der Waals surface area contributed by atoms with Crippen molar-refractivity contribution >= 4 is 28.4 Å². The highest BCUT2D eigenvalue weighted by Crippen LogP contribution is 2.28. The van der Waals surface area contributed by atoms with Gasteiger partial charge in [-0.1, -0.05) is 18.2 Å². The highest BCUT2D eigenvalue weighted by atomic mass is 16.6. The van der Waals surface area contributed by atoms with Gasteiger partial charge in [0.2, 0.25) is 0 Å². The van der Waals surface area contributed by atoms with Gasteiger partial charge in [0.1, 0.15) is 12.2 Å². The van der Waals surface area contributed by atoms with Crippen LogP contribution in [0.4, 0.5) is 0 Å². The van der Waals surface area contributed by atoms with Crippen LogP contribution in [0, 0.1) is 0 Å². The van der Waals surface area contributed by atoms with E-state index in [1.807, 2.05) is 30.3 Å². The zero-order chi connectivity index (χ0) is 14.1. The molecule has 0 radical (unpaired) electrons. The molecule has 0 fully saturated rings. The fourth-order valence-corrected chi connectivity index (χ4v) is 2.23. The number of aromatic nitrogens is 1. The van der Waals surface area contributed by atoms with Crippen molar-refractivity contribution in [1.29, 1.82) is 0 Å². The van der Waals surface area contributed by atoms with Crippen LogP contribution in [0.2, 0.25) is 0 Å². The molecule has 0 atom stereocenters. The minimum atomic E-state index is -0.645. The molecule has 6 heteroatoms. The Balaban J connectivity index is 2.10. The van der Waals surface area contributed by atoms with Crippen molar-refractivity contribution in [3.8, 4) is 0 Å². The number of rotatable bonds is 3. The van der Waals surface area contributed by atoms with Crippen LogP contribution in [-0.2, 0) is 19.2 Å². The van der Waals surface area contributed by atoms with Crippen LogP contribution in [0.3, 0.4) is 0 Å². The molecule has 1 amide bonds. The van der Waals surface area contributed by atoms with E-state index in [4.69, 9.17) is 4.74 Å². The number of H-pyrrole nitrogens is 1. The number of carbonyl (C=O) groups is 2. The number of esters is 1. The average molecular weight is 272 g/mol. The monoisotopic (exact) mass is 272 g/mol. The van der Waals surface area contributed by atoms with Gasteiger partial charge in [0.05, 0.1) is 7.11 Å². The molecule has 1 aliphatic heterocycles. The minimum Gasteiger partial charge on any atom is -0.457 e. The molecular weight excluding hydrogens is 260 g/mol. The first-order valence-corrected chi connectivity index (χ1v) is 6.02. The number of hydroxylamine groups is 1. The summed E-state index contributed by atoms with van der Waals surface area (Å²) in [6.07, 6.45) is 0. The van der Waals surface area contributed by atoms with Gasteiger partial charge < -0.3 is 9.72 Å². The predicted molar refractivity (Wildman–Crippen MR) is 71.3 cm³/mol. The maximum absolute atomic E-state index is 11.8. The van der Waals surface area contributed by atoms with E-state index in [0.29, 0.717) is 11.3 Å². The van der Waals surface area contributed by atoms with Crippen molar-refractivity contribution in [2.75, 3.05) is 13.7 Å². The van der Waals surface area contributed by atoms with Crippen LogP contribution >= 0.6 is 0 Å². The molecule has 1 aromatic carbocycles. The van der Waals surface area contributed by atoms with Crippen molar-refractivity contribution in [3.05, 3.63) is 41.6 Å². The summed E-state index contributed by atoms with van der Waals surface area (Å²) in [7, 11) is 1.31. The molecule has 20 heavy (non-hydrogen) atoms. The van der Waals surface area contributed by atoms with Crippen LogP contribution in [0.25, 0.3) is 16.5 Å². The molecule has 3 rings (SSSR count). The molecule has 0 saturated heterocycles. The fourth-order valence-electron chi connectivity index (χ4n) is 2.23. The molecule has 0 spiro atoms. The number of cyclic esters (lactones) is 1. The van der Waals surface area contributed by atoms with Gasteiger partial charge in [-0.2, -0.15) is 0 Å². The molecule has 0 bridgehead atoms. The molecule has 0 saturated carbocycles. The van der Waals surface area contributed by atoms with Gasteiger partial charge in [0, 0.05) is 16.8 Å². The summed E-state index contributed by atoms with van der Waals surface area (Å²) >= 11 is 0. The van der Waals surface area contributed by atoms with E-state index in [2.05, 4.69) is 15.3 Å². The number of fused-ring (bicyclic) bond motifs is 1. The van der Waals surface area contributed by atoms with Crippen LogP contribution < -0.4 is 5.48 Å². The van der Waals surface area contributed by atoms with Crippen LogP contribution in [0.15, 0.2) is 35.9 Å². The van der Waals surface area contributed by atoms with E-state index in [1.54, 1.807) is 0 Å². The van der Waals surface area contributed by atoms with Gasteiger partial charge in [-0.3, -0.25) is 9.63 Å². The first-order chi connectivity index (χ1) is 9.70. The number of nitrogens with one attached hydrogen (secondary N) is 2. The Kier molecular flexibility index (Phi) is 3.00. The lowest BCUT2D eigenvalue weighted by Gasteiger charge is -2.02. The Labute approximate surface area is 114 Å². The fraction of sp³-hybridized carbons (Fsp3) is 0.143. The molecule has 2 heterocycles. The van der Waals surface area contributed by atoms with Gasteiger partial charge >= 0.3 is 5.97 Å². The number of hydrogen-bond donors (Lipinski definition) is 2. The number of carbonyl (C=O) groups excluding carboxylic acids is 2. The van der Waals surface area contributed by atoms with E-state index in [1.165, 1.54) is 7.11 Å². The van der Waals surface area contributed by atoms with Crippen LogP contribution in [0.5, 0.6) is 0 Å². The van der Waals surface area contributed by atoms with E-state index in [9.17, 15) is 9.59 Å². The minimum absolute atomic E-state index is 0.0293. The quantitative estimate of drug-likeness (QED) is 0.499. The number of hydrogen-bond acceptors (Lipinski definition) is 4. The third-order valence-corrected chi connectivity index (χ3v) is 3.13. The second-order valence-electron chi connectivity index (χ2n) is 4.34. The van der Waals surface area contributed by atoms with Crippen molar-refractivity contribution in [3.63, 3.8) is 0 Å². The lowest BCUT2D eigenvalue weighted by Crippen LogP contribution is -2.26. The normalized spacial score (nSPS) is 14.8. The summed E-state index contributed by atoms with van der Waals surface area (Å²) in [5.74, 6) is -1.25. The largest absolute Gasteiger partial charge is 0.457 e. The standard InChI is InChI=1S/C14H12N2O4/c1-19-16-13(17)12-9(7-20-14(12)18)11-6-8-4-2-3-5-10(8)15-11/h2-6,15H,7H2,1H3,(H,16,17). The average Bonchev–Trinajstić information content (AvgIpc) is 3.01. The Bertz CT molecular complexity index is 697. The molecular formula is C14H12N2O4. The lowest BCUT2D eigenvalue weighted by molar-refractivity contribution is -0.139. The first-order valence-electron chi connectivity index (χ1n) is 6.02. The number of ether oxygens (including phenoxy) is 1. The van der Waals surface area contributed by atoms with Gasteiger partial charge in [0.15, 0.2) is 0 Å². The van der Waals surface area contributed by atoms with E-state index < -0.39 is 11.9 Å². The third-order valence-electron chi connectivity index (χ3n) is 3.13.